The van der Waals surface area contributed by atoms with Crippen molar-refractivity contribution in [3.05, 3.63) is 35.1 Å². The lowest BCUT2D eigenvalue weighted by atomic mass is 10.1. The van der Waals surface area contributed by atoms with Crippen LogP contribution in [0.5, 0.6) is 0 Å². The Morgan fingerprint density at radius 3 is 2.76 bits per heavy atom. The quantitative estimate of drug-likeness (QED) is 0.848. The summed E-state index contributed by atoms with van der Waals surface area (Å²) in [6, 6.07) is 5.47. The average molecular weight is 257 g/mol. The van der Waals surface area contributed by atoms with E-state index < -0.39 is 10.8 Å². The maximum atomic E-state index is 13.1. The predicted octanol–water partition coefficient (Wildman–Crippen LogP) is 2.38. The third-order valence-electron chi connectivity index (χ3n) is 2.72. The van der Waals surface area contributed by atoms with E-state index in [0.29, 0.717) is 11.6 Å². The lowest BCUT2D eigenvalue weighted by molar-refractivity contribution is 0.533. The second-order valence-corrected chi connectivity index (χ2v) is 5.99. The number of aryl methyl sites for hydroxylation is 1. The molecule has 17 heavy (non-hydrogen) atoms. The van der Waals surface area contributed by atoms with Gasteiger partial charge in [-0.2, -0.15) is 0 Å². The van der Waals surface area contributed by atoms with Crippen molar-refractivity contribution in [3.63, 3.8) is 0 Å². The summed E-state index contributed by atoms with van der Waals surface area (Å²) < 4.78 is 24.0. The van der Waals surface area contributed by atoms with Crippen LogP contribution in [0.4, 0.5) is 4.39 Å². The van der Waals surface area contributed by atoms with Gasteiger partial charge < -0.3 is 5.32 Å². The molecule has 0 spiro atoms. The molecule has 0 aliphatic heterocycles. The first-order valence-electron chi connectivity index (χ1n) is 5.77. The van der Waals surface area contributed by atoms with Crippen LogP contribution in [-0.4, -0.2) is 22.3 Å². The van der Waals surface area contributed by atoms with Gasteiger partial charge in [-0.25, -0.2) is 4.39 Å². The number of hydrogen-bond donors (Lipinski definition) is 1. The molecule has 0 amide bonds. The van der Waals surface area contributed by atoms with Gasteiger partial charge in [-0.15, -0.1) is 0 Å². The fourth-order valence-corrected chi connectivity index (χ4v) is 2.24. The fourth-order valence-electron chi connectivity index (χ4n) is 1.55. The van der Waals surface area contributed by atoms with Gasteiger partial charge in [0.25, 0.3) is 0 Å². The lowest BCUT2D eigenvalue weighted by Crippen LogP contribution is -2.27. The minimum atomic E-state index is -0.731. The van der Waals surface area contributed by atoms with Crippen LogP contribution in [0.15, 0.2) is 18.2 Å². The van der Waals surface area contributed by atoms with Crippen LogP contribution in [0.25, 0.3) is 0 Å². The number of rotatable bonds is 6. The molecule has 0 radical (unpaired) electrons. The zero-order valence-electron chi connectivity index (χ0n) is 10.6. The fraction of sp³-hybridized carbons (Fsp3) is 0.538. The van der Waals surface area contributed by atoms with Crippen LogP contribution in [-0.2, 0) is 17.3 Å². The maximum Gasteiger partial charge on any atom is 0.126 e. The molecule has 0 saturated heterocycles. The summed E-state index contributed by atoms with van der Waals surface area (Å²) in [6.07, 6.45) is 2.61. The monoisotopic (exact) mass is 257 g/mol. The highest BCUT2D eigenvalue weighted by Gasteiger charge is 2.04. The van der Waals surface area contributed by atoms with Crippen molar-refractivity contribution in [2.75, 3.05) is 12.0 Å². The van der Waals surface area contributed by atoms with Gasteiger partial charge >= 0.3 is 0 Å². The number of hydrogen-bond acceptors (Lipinski definition) is 2. The van der Waals surface area contributed by atoms with E-state index in [-0.39, 0.29) is 5.82 Å². The first-order chi connectivity index (χ1) is 7.99. The van der Waals surface area contributed by atoms with Gasteiger partial charge in [0.05, 0.1) is 0 Å². The highest BCUT2D eigenvalue weighted by Crippen LogP contribution is 2.09. The molecule has 2 nitrogen and oxygen atoms in total. The molecule has 0 aromatic heterocycles. The van der Waals surface area contributed by atoms with Crippen molar-refractivity contribution < 1.29 is 8.60 Å². The molecule has 4 heteroatoms. The van der Waals surface area contributed by atoms with E-state index in [1.165, 1.54) is 6.07 Å². The molecule has 0 saturated carbocycles. The molecule has 0 aliphatic rings. The smallest absolute Gasteiger partial charge is 0.126 e. The number of nitrogens with one attached hydrogen (secondary N) is 1. The molecule has 0 fully saturated rings. The predicted molar refractivity (Wildman–Crippen MR) is 71.0 cm³/mol. The summed E-state index contributed by atoms with van der Waals surface area (Å²) >= 11 is 0. The van der Waals surface area contributed by atoms with Gasteiger partial charge in [0, 0.05) is 35.4 Å². The summed E-state index contributed by atoms with van der Waals surface area (Å²) in [5.74, 6) is 0.555. The van der Waals surface area contributed by atoms with E-state index in [1.807, 2.05) is 6.07 Å². The molecule has 0 heterocycles. The Bertz CT molecular complexity index is 395. The van der Waals surface area contributed by atoms with Gasteiger partial charge in [-0.05, 0) is 37.5 Å². The van der Waals surface area contributed by atoms with E-state index in [1.54, 1.807) is 19.2 Å². The highest BCUT2D eigenvalue weighted by atomic mass is 32.2. The minimum absolute atomic E-state index is 0.164. The zero-order valence-corrected chi connectivity index (χ0v) is 11.4. The number of benzene rings is 1. The molecule has 2 atom stereocenters. The zero-order chi connectivity index (χ0) is 12.8. The van der Waals surface area contributed by atoms with Gasteiger partial charge in [0.2, 0.25) is 0 Å². The van der Waals surface area contributed by atoms with Crippen LogP contribution in [0.3, 0.4) is 0 Å². The highest BCUT2D eigenvalue weighted by molar-refractivity contribution is 7.84. The Morgan fingerprint density at radius 2 is 2.18 bits per heavy atom. The van der Waals surface area contributed by atoms with Crippen LogP contribution in [0.1, 0.15) is 24.5 Å². The third-order valence-corrected chi connectivity index (χ3v) is 3.53. The Labute approximate surface area is 105 Å². The summed E-state index contributed by atoms with van der Waals surface area (Å²) in [6.45, 7) is 4.56. The summed E-state index contributed by atoms with van der Waals surface area (Å²) in [5.41, 5.74) is 1.75. The van der Waals surface area contributed by atoms with E-state index in [0.717, 1.165) is 24.3 Å². The van der Waals surface area contributed by atoms with Crippen LogP contribution in [0, 0.1) is 12.7 Å². The van der Waals surface area contributed by atoms with Gasteiger partial charge in [-0.1, -0.05) is 12.1 Å². The first-order valence-corrected chi connectivity index (χ1v) is 7.50. The maximum absolute atomic E-state index is 13.1. The van der Waals surface area contributed by atoms with E-state index in [4.69, 9.17) is 0 Å². The van der Waals surface area contributed by atoms with Gasteiger partial charge in [-0.3, -0.25) is 4.21 Å². The summed E-state index contributed by atoms with van der Waals surface area (Å²) in [4.78, 5) is 0. The molecule has 0 aliphatic carbocycles. The average Bonchev–Trinajstić information content (AvgIpc) is 2.28. The molecule has 96 valence electrons. The topological polar surface area (TPSA) is 29.1 Å². The van der Waals surface area contributed by atoms with Crippen molar-refractivity contribution in [1.29, 1.82) is 0 Å². The van der Waals surface area contributed by atoms with Crippen LogP contribution in [0.2, 0.25) is 0 Å². The first kappa shape index (κ1) is 14.3. The van der Waals surface area contributed by atoms with Gasteiger partial charge in [0.15, 0.2) is 0 Å². The standard InChI is InChI=1S/C13H20FNOS/c1-10-8-12(4-5-13(10)14)9-15-11(2)6-7-17(3)16/h4-5,8,11,15H,6-7,9H2,1-3H3. The van der Waals surface area contributed by atoms with Crippen LogP contribution < -0.4 is 5.32 Å². The van der Waals surface area contributed by atoms with Crippen molar-refractivity contribution in [3.8, 4) is 0 Å². The van der Waals surface area contributed by atoms with Crippen molar-refractivity contribution >= 4 is 10.8 Å². The van der Waals surface area contributed by atoms with E-state index in [2.05, 4.69) is 12.2 Å². The lowest BCUT2D eigenvalue weighted by Gasteiger charge is -2.13. The normalized spacial score (nSPS) is 14.6. The largest absolute Gasteiger partial charge is 0.310 e. The van der Waals surface area contributed by atoms with E-state index >= 15 is 0 Å². The summed E-state index contributed by atoms with van der Waals surface area (Å²) in [5, 5.41) is 3.34. The Morgan fingerprint density at radius 1 is 1.47 bits per heavy atom. The van der Waals surface area contributed by atoms with Gasteiger partial charge in [0.1, 0.15) is 5.82 Å². The Kier molecular flexibility index (Phi) is 5.78. The molecule has 0 bridgehead atoms. The van der Waals surface area contributed by atoms with Crippen molar-refractivity contribution in [2.45, 2.75) is 32.9 Å². The van der Waals surface area contributed by atoms with E-state index in [9.17, 15) is 8.60 Å². The second kappa shape index (κ2) is 6.87. The Balaban J connectivity index is 2.39. The Hall–Kier alpha value is -0.740. The van der Waals surface area contributed by atoms with Crippen LogP contribution >= 0.6 is 0 Å². The SMILES string of the molecule is Cc1cc(CNC(C)CCS(C)=O)ccc1F. The van der Waals surface area contributed by atoms with Crippen molar-refractivity contribution in [2.24, 2.45) is 0 Å². The molecule has 2 unspecified atom stereocenters. The number of halogens is 1. The molecular weight excluding hydrogens is 237 g/mol. The molecule has 1 aromatic rings. The van der Waals surface area contributed by atoms with Crippen molar-refractivity contribution in [1.82, 2.24) is 5.32 Å². The minimum Gasteiger partial charge on any atom is -0.310 e. The molecular formula is C13H20FNOS. The molecule has 1 rings (SSSR count). The summed E-state index contributed by atoms with van der Waals surface area (Å²) in [7, 11) is -0.731. The second-order valence-electron chi connectivity index (χ2n) is 4.43. The molecule has 1 N–H and O–H groups in total. The third kappa shape index (κ3) is 5.41. The molecule has 1 aromatic carbocycles.